The molecule has 0 saturated heterocycles. The van der Waals surface area contributed by atoms with Gasteiger partial charge in [-0.1, -0.05) is 35.9 Å². The standard InChI is InChI=1S/C20H16N2O2S/c1-14-3-5-15(6-4-14)11-17(13-21)20(23)22-18-8-7-16-9-10-25(2,24)19(16)12-18/h3-12H,2H2,1H3,(H,22,23)/b17-11+. The molecule has 0 fully saturated rings. The van der Waals surface area contributed by atoms with E-state index >= 15 is 0 Å². The van der Waals surface area contributed by atoms with E-state index in [9.17, 15) is 14.3 Å². The Labute approximate surface area is 147 Å². The van der Waals surface area contributed by atoms with Crippen molar-refractivity contribution >= 4 is 39.1 Å². The van der Waals surface area contributed by atoms with Crippen LogP contribution in [0.3, 0.4) is 0 Å². The molecule has 1 amide bonds. The van der Waals surface area contributed by atoms with Crippen LogP contribution < -0.4 is 5.32 Å². The largest absolute Gasteiger partial charge is 0.321 e. The van der Waals surface area contributed by atoms with Gasteiger partial charge in [0.1, 0.15) is 11.6 Å². The van der Waals surface area contributed by atoms with Crippen LogP contribution in [0.1, 0.15) is 16.7 Å². The van der Waals surface area contributed by atoms with Gasteiger partial charge in [0.05, 0.1) is 0 Å². The van der Waals surface area contributed by atoms with Crippen LogP contribution in [0, 0.1) is 18.3 Å². The maximum Gasteiger partial charge on any atom is 0.266 e. The summed E-state index contributed by atoms with van der Waals surface area (Å²) < 4.78 is 12.3. The SMILES string of the molecule is C=S1(=O)C=Cc2ccc(NC(=O)/C(C#N)=C/c3ccc(C)cc3)cc21. The second-order valence-electron chi connectivity index (χ2n) is 5.82. The number of rotatable bonds is 3. The predicted octanol–water partition coefficient (Wildman–Crippen LogP) is 3.60. The monoisotopic (exact) mass is 348 g/mol. The first-order chi connectivity index (χ1) is 11.9. The number of carbonyl (C=O) groups excluding carboxylic acids is 1. The third-order valence-corrected chi connectivity index (χ3v) is 5.54. The minimum atomic E-state index is -2.45. The topological polar surface area (TPSA) is 70.0 Å². The van der Waals surface area contributed by atoms with Gasteiger partial charge in [-0.25, -0.2) is 0 Å². The van der Waals surface area contributed by atoms with E-state index in [1.165, 1.54) is 6.08 Å². The number of nitrogens with zero attached hydrogens (tertiary/aromatic N) is 1. The van der Waals surface area contributed by atoms with Gasteiger partial charge in [0, 0.05) is 20.1 Å². The maximum atomic E-state index is 12.4. The summed E-state index contributed by atoms with van der Waals surface area (Å²) in [5.74, 6) is 3.20. The summed E-state index contributed by atoms with van der Waals surface area (Å²) in [4.78, 5) is 13.0. The Balaban J connectivity index is 1.84. The Bertz CT molecular complexity index is 1050. The molecule has 0 bridgehead atoms. The van der Waals surface area contributed by atoms with Crippen molar-refractivity contribution in [2.24, 2.45) is 0 Å². The Morgan fingerprint density at radius 3 is 2.64 bits per heavy atom. The van der Waals surface area contributed by atoms with Gasteiger partial charge in [-0.2, -0.15) is 5.26 Å². The number of hydrogen-bond acceptors (Lipinski definition) is 3. The fourth-order valence-corrected chi connectivity index (χ4v) is 3.86. The van der Waals surface area contributed by atoms with Crippen LogP contribution in [-0.4, -0.2) is 16.0 Å². The molecule has 1 atom stereocenters. The van der Waals surface area contributed by atoms with Crippen molar-refractivity contribution < 1.29 is 9.00 Å². The van der Waals surface area contributed by atoms with Gasteiger partial charge in [0.15, 0.2) is 0 Å². The Morgan fingerprint density at radius 2 is 1.96 bits per heavy atom. The van der Waals surface area contributed by atoms with E-state index in [0.29, 0.717) is 10.6 Å². The highest BCUT2D eigenvalue weighted by Crippen LogP contribution is 2.29. The van der Waals surface area contributed by atoms with Crippen molar-refractivity contribution in [1.29, 1.82) is 5.26 Å². The zero-order valence-corrected chi connectivity index (χ0v) is 14.5. The molecule has 0 spiro atoms. The van der Waals surface area contributed by atoms with Crippen LogP contribution in [0.2, 0.25) is 0 Å². The number of benzene rings is 2. The zero-order chi connectivity index (χ0) is 18.0. The molecule has 5 heteroatoms. The van der Waals surface area contributed by atoms with E-state index in [4.69, 9.17) is 0 Å². The molecule has 124 valence electrons. The van der Waals surface area contributed by atoms with Gasteiger partial charge in [0.2, 0.25) is 0 Å². The first kappa shape index (κ1) is 16.7. The summed E-state index contributed by atoms with van der Waals surface area (Å²) in [5.41, 5.74) is 3.18. The zero-order valence-electron chi connectivity index (χ0n) is 13.7. The highest BCUT2D eigenvalue weighted by atomic mass is 32.2. The molecule has 1 heterocycles. The summed E-state index contributed by atoms with van der Waals surface area (Å²) in [6.45, 7) is 1.97. The van der Waals surface area contributed by atoms with Crippen LogP contribution in [0.25, 0.3) is 12.2 Å². The predicted molar refractivity (Wildman–Crippen MR) is 102 cm³/mol. The van der Waals surface area contributed by atoms with E-state index < -0.39 is 15.4 Å². The lowest BCUT2D eigenvalue weighted by atomic mass is 10.1. The third kappa shape index (κ3) is 3.54. The van der Waals surface area contributed by atoms with Crippen molar-refractivity contribution in [3.63, 3.8) is 0 Å². The summed E-state index contributed by atoms with van der Waals surface area (Å²) >= 11 is 0. The Kier molecular flexibility index (Phi) is 4.30. The van der Waals surface area contributed by atoms with E-state index in [1.54, 1.807) is 29.7 Å². The number of carbonyl (C=O) groups is 1. The Hall–Kier alpha value is -3.10. The lowest BCUT2D eigenvalue weighted by Crippen LogP contribution is -2.13. The quantitative estimate of drug-likeness (QED) is 0.523. The molecule has 1 aliphatic rings. The molecule has 25 heavy (non-hydrogen) atoms. The smallest absolute Gasteiger partial charge is 0.266 e. The third-order valence-electron chi connectivity index (χ3n) is 3.86. The average Bonchev–Trinajstić information content (AvgIpc) is 2.89. The molecule has 2 aromatic rings. The fraction of sp³-hybridized carbons (Fsp3) is 0.0500. The van der Waals surface area contributed by atoms with Gasteiger partial charge < -0.3 is 5.32 Å². The summed E-state index contributed by atoms with van der Waals surface area (Å²) in [7, 11) is -2.45. The fourth-order valence-electron chi connectivity index (χ4n) is 2.48. The maximum absolute atomic E-state index is 12.4. The second kappa shape index (κ2) is 6.42. The van der Waals surface area contributed by atoms with Crippen molar-refractivity contribution in [2.75, 3.05) is 5.32 Å². The molecule has 4 nitrogen and oxygen atoms in total. The normalized spacial score (nSPS) is 18.5. The van der Waals surface area contributed by atoms with Crippen molar-refractivity contribution in [3.05, 3.63) is 70.1 Å². The summed E-state index contributed by atoms with van der Waals surface area (Å²) in [5, 5.41) is 13.5. The average molecular weight is 348 g/mol. The summed E-state index contributed by atoms with van der Waals surface area (Å²) in [6.07, 6.45) is 3.29. The minimum Gasteiger partial charge on any atom is -0.321 e. The van der Waals surface area contributed by atoms with Gasteiger partial charge in [-0.3, -0.25) is 9.00 Å². The van der Waals surface area contributed by atoms with Gasteiger partial charge >= 0.3 is 0 Å². The van der Waals surface area contributed by atoms with E-state index in [-0.39, 0.29) is 5.57 Å². The molecule has 1 unspecified atom stereocenters. The van der Waals surface area contributed by atoms with Crippen LogP contribution in [0.5, 0.6) is 0 Å². The van der Waals surface area contributed by atoms with Crippen LogP contribution >= 0.6 is 0 Å². The number of nitrogens with one attached hydrogen (secondary N) is 1. The number of anilines is 1. The molecule has 0 radical (unpaired) electrons. The van der Waals surface area contributed by atoms with Gasteiger partial charge in [0.25, 0.3) is 5.91 Å². The van der Waals surface area contributed by atoms with Crippen molar-refractivity contribution in [3.8, 4) is 6.07 Å². The molecule has 0 saturated carbocycles. The number of nitriles is 1. The number of fused-ring (bicyclic) bond motifs is 1. The molecule has 1 N–H and O–H groups in total. The van der Waals surface area contributed by atoms with Crippen LogP contribution in [-0.2, 0) is 14.3 Å². The highest BCUT2D eigenvalue weighted by Gasteiger charge is 2.17. The van der Waals surface area contributed by atoms with Crippen LogP contribution in [0.4, 0.5) is 5.69 Å². The van der Waals surface area contributed by atoms with Gasteiger partial charge in [-0.15, -0.1) is 0 Å². The van der Waals surface area contributed by atoms with E-state index in [0.717, 1.165) is 16.7 Å². The van der Waals surface area contributed by atoms with E-state index in [1.807, 2.05) is 37.3 Å². The number of amides is 1. The molecular weight excluding hydrogens is 332 g/mol. The number of hydrogen-bond donors (Lipinski definition) is 1. The lowest BCUT2D eigenvalue weighted by molar-refractivity contribution is -0.112. The molecule has 1 aliphatic heterocycles. The molecule has 0 aliphatic carbocycles. The second-order valence-corrected chi connectivity index (χ2v) is 7.98. The Morgan fingerprint density at radius 1 is 1.24 bits per heavy atom. The van der Waals surface area contributed by atoms with Crippen molar-refractivity contribution in [1.82, 2.24) is 0 Å². The molecule has 3 rings (SSSR count). The van der Waals surface area contributed by atoms with Crippen LogP contribution in [0.15, 0.2) is 58.3 Å². The summed E-state index contributed by atoms with van der Waals surface area (Å²) in [6, 6.07) is 14.6. The van der Waals surface area contributed by atoms with Gasteiger partial charge in [-0.05, 0) is 53.6 Å². The first-order valence-electron chi connectivity index (χ1n) is 7.58. The highest BCUT2D eigenvalue weighted by molar-refractivity contribution is 8.03. The molecule has 2 aromatic carbocycles. The minimum absolute atomic E-state index is 0.00201. The van der Waals surface area contributed by atoms with E-state index in [2.05, 4.69) is 11.2 Å². The first-order valence-corrected chi connectivity index (χ1v) is 9.37. The van der Waals surface area contributed by atoms with Crippen molar-refractivity contribution in [2.45, 2.75) is 11.8 Å². The molecular formula is C20H16N2O2S. The lowest BCUT2D eigenvalue weighted by Gasteiger charge is -2.08. The molecule has 0 aromatic heterocycles. The number of aryl methyl sites for hydroxylation is 1.